The monoisotopic (exact) mass is 398 g/mol. The first kappa shape index (κ1) is 18.5. The summed E-state index contributed by atoms with van der Waals surface area (Å²) < 4.78 is 2.43. The molecule has 6 rings (SSSR count). The molecule has 4 aliphatic carbocycles. The van der Waals surface area contributed by atoms with Gasteiger partial charge in [0.25, 0.3) is 6.19 Å². The van der Waals surface area contributed by atoms with E-state index in [1.165, 1.54) is 57.8 Å². The number of nitriles is 1. The summed E-state index contributed by atoms with van der Waals surface area (Å²) in [5.41, 5.74) is 0.153. The zero-order valence-corrected chi connectivity index (χ0v) is 17.5. The van der Waals surface area contributed by atoms with Crippen molar-refractivity contribution in [1.82, 2.24) is 14.9 Å². The van der Waals surface area contributed by atoms with Crippen molar-refractivity contribution in [3.8, 4) is 6.19 Å². The number of H-pyrrole nitrogens is 1. The molecule has 0 amide bonds. The third kappa shape index (κ3) is 3.70. The molecule has 4 saturated carbocycles. The van der Waals surface area contributed by atoms with Crippen LogP contribution in [-0.2, 0) is 0 Å². The highest BCUT2D eigenvalue weighted by molar-refractivity contribution is 7.99. The fourth-order valence-corrected chi connectivity index (χ4v) is 7.72. The molecule has 5 fully saturated rings. The lowest BCUT2D eigenvalue weighted by Gasteiger charge is -2.55. The van der Waals surface area contributed by atoms with Crippen LogP contribution in [0.3, 0.4) is 0 Å². The average molecular weight is 399 g/mol. The van der Waals surface area contributed by atoms with Gasteiger partial charge >= 0.3 is 0 Å². The van der Waals surface area contributed by atoms with E-state index in [0.29, 0.717) is 0 Å². The van der Waals surface area contributed by atoms with E-state index in [1.807, 2.05) is 24.2 Å². The predicted molar refractivity (Wildman–Crippen MR) is 111 cm³/mol. The second kappa shape index (κ2) is 7.74. The van der Waals surface area contributed by atoms with Gasteiger partial charge in [0, 0.05) is 18.1 Å². The second-order valence-corrected chi connectivity index (χ2v) is 10.8. The molecule has 1 saturated heterocycles. The number of hydrogen-bond donors (Lipinski definition) is 1. The fourth-order valence-electron chi connectivity index (χ4n) is 6.79. The van der Waals surface area contributed by atoms with Crippen molar-refractivity contribution in [1.29, 1.82) is 5.26 Å². The molecule has 0 aromatic carbocycles. The number of rotatable bonds is 6. The second-order valence-electron chi connectivity index (χ2n) is 9.74. The number of aromatic nitrogens is 2. The third-order valence-corrected chi connectivity index (χ3v) is 8.73. The van der Waals surface area contributed by atoms with E-state index in [4.69, 9.17) is 0 Å². The van der Waals surface area contributed by atoms with E-state index in [9.17, 15) is 5.26 Å². The van der Waals surface area contributed by atoms with Gasteiger partial charge < -0.3 is 4.98 Å². The Hall–Kier alpha value is -1.48. The first-order valence-corrected chi connectivity index (χ1v) is 12.1. The molecule has 2 heterocycles. The zero-order valence-electron chi connectivity index (χ0n) is 16.7. The van der Waals surface area contributed by atoms with Crippen LogP contribution in [0, 0.1) is 35.1 Å². The van der Waals surface area contributed by atoms with Crippen molar-refractivity contribution >= 4 is 18.1 Å². The molecule has 0 radical (unpaired) electrons. The van der Waals surface area contributed by atoms with E-state index in [0.717, 1.165) is 47.7 Å². The lowest BCUT2D eigenvalue weighted by Crippen LogP contribution is -2.59. The standard InChI is InChI=1S/C22H32N5S/c23-15-27(22-12-18-9-19(13-22)11-20(10-18)14-22)16-26-6-1-17(2-7-26)3-8-28-21-24-4-5-25-21/h4-5,16-20H,1-3,6-14H2,(H,24,25)/q+1. The summed E-state index contributed by atoms with van der Waals surface area (Å²) in [7, 11) is 0. The molecule has 0 spiro atoms. The summed E-state index contributed by atoms with van der Waals surface area (Å²) >= 11 is 1.83. The average Bonchev–Trinajstić information content (AvgIpc) is 3.19. The van der Waals surface area contributed by atoms with Crippen molar-refractivity contribution in [2.75, 3.05) is 18.8 Å². The van der Waals surface area contributed by atoms with Gasteiger partial charge in [-0.05, 0) is 81.5 Å². The molecule has 4 bridgehead atoms. The van der Waals surface area contributed by atoms with Gasteiger partial charge in [-0.25, -0.2) is 4.98 Å². The number of imidazole rings is 1. The number of hydrogen-bond acceptors (Lipinski definition) is 3. The quantitative estimate of drug-likeness (QED) is 0.258. The van der Waals surface area contributed by atoms with Crippen LogP contribution < -0.4 is 0 Å². The minimum atomic E-state index is 0.153. The normalized spacial score (nSPS) is 36.3. The van der Waals surface area contributed by atoms with E-state index in [2.05, 4.69) is 32.0 Å². The number of aromatic amines is 1. The van der Waals surface area contributed by atoms with Crippen LogP contribution >= 0.6 is 11.8 Å². The van der Waals surface area contributed by atoms with Gasteiger partial charge in [-0.3, -0.25) is 4.58 Å². The predicted octanol–water partition coefficient (Wildman–Crippen LogP) is 4.09. The Balaban J connectivity index is 1.16. The molecule has 1 aromatic heterocycles. The third-order valence-electron chi connectivity index (χ3n) is 7.79. The lowest BCUT2D eigenvalue weighted by molar-refractivity contribution is -0.541. The zero-order chi connectivity index (χ0) is 19.0. The van der Waals surface area contributed by atoms with Gasteiger partial charge in [0.2, 0.25) is 6.34 Å². The summed E-state index contributed by atoms with van der Waals surface area (Å²) in [6.07, 6.45) is 20.3. The highest BCUT2D eigenvalue weighted by atomic mass is 32.2. The topological polar surface area (TPSA) is 58.7 Å². The largest absolute Gasteiger partial charge is 0.340 e. The van der Waals surface area contributed by atoms with Crippen LogP contribution in [0.15, 0.2) is 17.6 Å². The summed E-state index contributed by atoms with van der Waals surface area (Å²) in [5, 5.41) is 11.0. The van der Waals surface area contributed by atoms with E-state index < -0.39 is 0 Å². The number of nitrogens with zero attached hydrogens (tertiary/aromatic N) is 4. The van der Waals surface area contributed by atoms with Crippen molar-refractivity contribution in [3.63, 3.8) is 0 Å². The first-order valence-electron chi connectivity index (χ1n) is 11.1. The van der Waals surface area contributed by atoms with Crippen molar-refractivity contribution in [2.45, 2.75) is 68.5 Å². The summed E-state index contributed by atoms with van der Waals surface area (Å²) in [4.78, 5) is 9.56. The minimum absolute atomic E-state index is 0.153. The van der Waals surface area contributed by atoms with Crippen molar-refractivity contribution in [2.24, 2.45) is 23.7 Å². The van der Waals surface area contributed by atoms with Crippen LogP contribution in [0.5, 0.6) is 0 Å². The molecule has 1 aliphatic heterocycles. The van der Waals surface area contributed by atoms with Crippen molar-refractivity contribution < 1.29 is 4.58 Å². The molecule has 28 heavy (non-hydrogen) atoms. The van der Waals surface area contributed by atoms with E-state index in [-0.39, 0.29) is 5.54 Å². The first-order chi connectivity index (χ1) is 13.7. The van der Waals surface area contributed by atoms with E-state index >= 15 is 0 Å². The molecule has 5 nitrogen and oxygen atoms in total. The Morgan fingerprint density at radius 1 is 1.21 bits per heavy atom. The Morgan fingerprint density at radius 3 is 2.46 bits per heavy atom. The Kier molecular flexibility index (Phi) is 5.13. The molecule has 1 N–H and O–H groups in total. The van der Waals surface area contributed by atoms with Crippen LogP contribution in [-0.4, -0.2) is 50.2 Å². The molecule has 0 unspecified atom stereocenters. The van der Waals surface area contributed by atoms with Gasteiger partial charge in [-0.2, -0.15) is 4.90 Å². The van der Waals surface area contributed by atoms with E-state index in [1.54, 1.807) is 0 Å². The molecular weight excluding hydrogens is 366 g/mol. The Morgan fingerprint density at radius 2 is 1.89 bits per heavy atom. The van der Waals surface area contributed by atoms with Gasteiger partial charge in [0.05, 0.1) is 13.1 Å². The highest BCUT2D eigenvalue weighted by Gasteiger charge is 2.56. The van der Waals surface area contributed by atoms with Gasteiger partial charge in [0.1, 0.15) is 5.54 Å². The fraction of sp³-hybridized carbons (Fsp3) is 0.773. The maximum Gasteiger partial charge on any atom is 0.291 e. The maximum absolute atomic E-state index is 9.98. The van der Waals surface area contributed by atoms with Crippen LogP contribution in [0.2, 0.25) is 0 Å². The van der Waals surface area contributed by atoms with Gasteiger partial charge in [-0.15, -0.1) is 5.26 Å². The summed E-state index contributed by atoms with van der Waals surface area (Å²) in [6, 6.07) is 0. The molecule has 0 atom stereocenters. The molecule has 5 aliphatic rings. The van der Waals surface area contributed by atoms with Crippen LogP contribution in [0.4, 0.5) is 0 Å². The number of nitrogens with one attached hydrogen (secondary N) is 1. The van der Waals surface area contributed by atoms with Crippen LogP contribution in [0.25, 0.3) is 0 Å². The van der Waals surface area contributed by atoms with Gasteiger partial charge in [-0.1, -0.05) is 11.8 Å². The molecular formula is C22H32N5S+. The minimum Gasteiger partial charge on any atom is -0.340 e. The summed E-state index contributed by atoms with van der Waals surface area (Å²) in [5.74, 6) is 4.59. The van der Waals surface area contributed by atoms with Crippen molar-refractivity contribution in [3.05, 3.63) is 12.4 Å². The Bertz CT molecular complexity index is 704. The molecule has 1 aromatic rings. The summed E-state index contributed by atoms with van der Waals surface area (Å²) in [6.45, 7) is 2.20. The maximum atomic E-state index is 9.98. The Labute approximate surface area is 172 Å². The smallest absolute Gasteiger partial charge is 0.291 e. The number of thioether (sulfide) groups is 1. The highest BCUT2D eigenvalue weighted by Crippen LogP contribution is 2.57. The number of piperidine rings is 1. The molecule has 150 valence electrons. The van der Waals surface area contributed by atoms with Crippen LogP contribution in [0.1, 0.15) is 57.8 Å². The lowest BCUT2D eigenvalue weighted by atomic mass is 9.52. The SMILES string of the molecule is N#CN(C=[N+]1CCC(CCSc2ncc[nH]2)CC1)C12CC3CC(CC(C3)C1)C2. The molecule has 6 heteroatoms. The van der Waals surface area contributed by atoms with Gasteiger partial charge in [0.15, 0.2) is 5.16 Å².